The number of ether oxygens (including phenoxy) is 1. The lowest BCUT2D eigenvalue weighted by atomic mass is 9.82. The van der Waals surface area contributed by atoms with Crippen molar-refractivity contribution < 1.29 is 9.53 Å². The van der Waals surface area contributed by atoms with Crippen molar-refractivity contribution in [2.45, 2.75) is 77.0 Å². The quantitative estimate of drug-likeness (QED) is 0.930. The third-order valence-corrected chi connectivity index (χ3v) is 4.95. The highest BCUT2D eigenvalue weighted by molar-refractivity contribution is 5.95. The molecular weight excluding hydrogens is 278 g/mol. The van der Waals surface area contributed by atoms with Gasteiger partial charge in [0.2, 0.25) is 0 Å². The molecule has 0 aromatic carbocycles. The number of aryl methyl sites for hydroxylation is 2. The number of aromatic nitrogens is 2. The SMILES string of the molecule is CCCn1cc(C(=O)NC2COC3(CCCCC3)C2)c(C)n1. The Kier molecular flexibility index (Phi) is 4.52. The molecule has 1 N–H and O–H groups in total. The lowest BCUT2D eigenvalue weighted by Crippen LogP contribution is -2.37. The average Bonchev–Trinajstić information content (AvgIpc) is 3.04. The van der Waals surface area contributed by atoms with Crippen LogP contribution in [0.2, 0.25) is 0 Å². The molecule has 0 bridgehead atoms. The van der Waals surface area contributed by atoms with Crippen LogP contribution < -0.4 is 5.32 Å². The summed E-state index contributed by atoms with van der Waals surface area (Å²) in [5.41, 5.74) is 1.53. The lowest BCUT2D eigenvalue weighted by Gasteiger charge is -2.32. The van der Waals surface area contributed by atoms with Crippen molar-refractivity contribution in [2.75, 3.05) is 6.61 Å². The van der Waals surface area contributed by atoms with Crippen LogP contribution in [-0.4, -0.2) is 33.9 Å². The molecule has 1 aliphatic heterocycles. The van der Waals surface area contributed by atoms with Crippen molar-refractivity contribution in [1.82, 2.24) is 15.1 Å². The van der Waals surface area contributed by atoms with Crippen LogP contribution >= 0.6 is 0 Å². The van der Waals surface area contributed by atoms with Gasteiger partial charge in [-0.25, -0.2) is 0 Å². The molecule has 1 unspecified atom stereocenters. The van der Waals surface area contributed by atoms with E-state index in [0.717, 1.165) is 37.9 Å². The summed E-state index contributed by atoms with van der Waals surface area (Å²) in [4.78, 5) is 12.5. The number of carbonyl (C=O) groups excluding carboxylic acids is 1. The molecule has 5 nitrogen and oxygen atoms in total. The first kappa shape index (κ1) is 15.5. The van der Waals surface area contributed by atoms with E-state index in [2.05, 4.69) is 17.3 Å². The fourth-order valence-corrected chi connectivity index (χ4v) is 3.83. The zero-order chi connectivity index (χ0) is 15.6. The highest BCUT2D eigenvalue weighted by atomic mass is 16.5. The van der Waals surface area contributed by atoms with Gasteiger partial charge in [0.25, 0.3) is 5.91 Å². The fourth-order valence-electron chi connectivity index (χ4n) is 3.83. The Morgan fingerprint density at radius 3 is 2.95 bits per heavy atom. The topological polar surface area (TPSA) is 56.2 Å². The number of amides is 1. The lowest BCUT2D eigenvalue weighted by molar-refractivity contribution is -0.0246. The van der Waals surface area contributed by atoms with Crippen molar-refractivity contribution in [3.05, 3.63) is 17.5 Å². The Morgan fingerprint density at radius 2 is 2.23 bits per heavy atom. The minimum Gasteiger partial charge on any atom is -0.373 e. The summed E-state index contributed by atoms with van der Waals surface area (Å²) in [5.74, 6) is -0.0127. The second-order valence-corrected chi connectivity index (χ2v) is 6.82. The van der Waals surface area contributed by atoms with Crippen LogP contribution in [0.15, 0.2) is 6.20 Å². The summed E-state index contributed by atoms with van der Waals surface area (Å²) in [6.07, 6.45) is 9.95. The summed E-state index contributed by atoms with van der Waals surface area (Å²) in [6.45, 7) is 5.50. The molecule has 22 heavy (non-hydrogen) atoms. The van der Waals surface area contributed by atoms with Gasteiger partial charge in [-0.1, -0.05) is 26.2 Å². The second-order valence-electron chi connectivity index (χ2n) is 6.82. The second kappa shape index (κ2) is 6.41. The Balaban J connectivity index is 1.60. The van der Waals surface area contributed by atoms with Gasteiger partial charge in [0.05, 0.1) is 29.5 Å². The summed E-state index contributed by atoms with van der Waals surface area (Å²) in [6, 6.07) is 0.138. The monoisotopic (exact) mass is 305 g/mol. The first-order chi connectivity index (χ1) is 10.6. The molecule has 1 aliphatic carbocycles. The van der Waals surface area contributed by atoms with Gasteiger partial charge >= 0.3 is 0 Å². The largest absolute Gasteiger partial charge is 0.373 e. The van der Waals surface area contributed by atoms with Crippen LogP contribution in [0.4, 0.5) is 0 Å². The molecule has 1 saturated heterocycles. The highest BCUT2D eigenvalue weighted by Gasteiger charge is 2.41. The predicted molar refractivity (Wildman–Crippen MR) is 84.9 cm³/mol. The van der Waals surface area contributed by atoms with Crippen molar-refractivity contribution in [3.8, 4) is 0 Å². The normalized spacial score (nSPS) is 23.8. The summed E-state index contributed by atoms with van der Waals surface area (Å²) in [7, 11) is 0. The number of carbonyl (C=O) groups is 1. The first-order valence-corrected chi connectivity index (χ1v) is 8.61. The Bertz CT molecular complexity index is 532. The molecule has 2 heterocycles. The van der Waals surface area contributed by atoms with E-state index in [1.807, 2.05) is 17.8 Å². The molecule has 3 rings (SSSR count). The highest BCUT2D eigenvalue weighted by Crippen LogP contribution is 2.39. The third-order valence-electron chi connectivity index (χ3n) is 4.95. The summed E-state index contributed by atoms with van der Waals surface area (Å²) in [5, 5.41) is 7.55. The van der Waals surface area contributed by atoms with E-state index in [1.54, 1.807) is 0 Å². The average molecular weight is 305 g/mol. The number of nitrogens with zero attached hydrogens (tertiary/aromatic N) is 2. The van der Waals surface area contributed by atoms with Crippen LogP contribution in [0, 0.1) is 6.92 Å². The number of nitrogens with one attached hydrogen (secondary N) is 1. The van der Waals surface area contributed by atoms with Gasteiger partial charge in [-0.05, 0) is 32.6 Å². The van der Waals surface area contributed by atoms with Crippen LogP contribution in [0.1, 0.15) is 67.9 Å². The molecular formula is C17H27N3O2. The van der Waals surface area contributed by atoms with Crippen LogP contribution in [0.5, 0.6) is 0 Å². The summed E-state index contributed by atoms with van der Waals surface area (Å²) < 4.78 is 7.93. The van der Waals surface area contributed by atoms with Gasteiger partial charge in [0, 0.05) is 12.7 Å². The van der Waals surface area contributed by atoms with Gasteiger partial charge in [0.15, 0.2) is 0 Å². The standard InChI is InChI=1S/C17H27N3O2/c1-3-9-20-11-15(13(2)19-20)16(21)18-14-10-17(22-12-14)7-5-4-6-8-17/h11,14H,3-10,12H2,1-2H3,(H,18,21). The van der Waals surface area contributed by atoms with Gasteiger partial charge in [-0.15, -0.1) is 0 Å². The van der Waals surface area contributed by atoms with Gasteiger partial charge < -0.3 is 10.1 Å². The van der Waals surface area contributed by atoms with E-state index < -0.39 is 0 Å². The van der Waals surface area contributed by atoms with Crippen molar-refractivity contribution in [2.24, 2.45) is 0 Å². The maximum absolute atomic E-state index is 12.5. The van der Waals surface area contributed by atoms with E-state index in [1.165, 1.54) is 19.3 Å². The van der Waals surface area contributed by atoms with Crippen molar-refractivity contribution >= 4 is 5.91 Å². The van der Waals surface area contributed by atoms with E-state index in [-0.39, 0.29) is 17.6 Å². The third kappa shape index (κ3) is 3.19. The van der Waals surface area contributed by atoms with Crippen molar-refractivity contribution in [3.63, 3.8) is 0 Å². The zero-order valence-electron chi connectivity index (χ0n) is 13.7. The van der Waals surface area contributed by atoms with E-state index >= 15 is 0 Å². The molecule has 122 valence electrons. The minimum atomic E-state index is -0.0127. The molecule has 1 spiro atoms. The van der Waals surface area contributed by atoms with Gasteiger partial charge in [0.1, 0.15) is 0 Å². The Hall–Kier alpha value is -1.36. The van der Waals surface area contributed by atoms with E-state index in [4.69, 9.17) is 4.74 Å². The number of hydrogen-bond donors (Lipinski definition) is 1. The Labute approximate surface area is 132 Å². The number of hydrogen-bond acceptors (Lipinski definition) is 3. The molecule has 0 radical (unpaired) electrons. The maximum Gasteiger partial charge on any atom is 0.255 e. The molecule has 1 aromatic heterocycles. The van der Waals surface area contributed by atoms with Gasteiger partial charge in [-0.2, -0.15) is 5.10 Å². The van der Waals surface area contributed by atoms with Gasteiger partial charge in [-0.3, -0.25) is 9.48 Å². The molecule has 1 aromatic rings. The van der Waals surface area contributed by atoms with E-state index in [9.17, 15) is 4.79 Å². The van der Waals surface area contributed by atoms with Crippen LogP contribution in [0.3, 0.4) is 0 Å². The van der Waals surface area contributed by atoms with Crippen molar-refractivity contribution in [1.29, 1.82) is 0 Å². The molecule has 1 saturated carbocycles. The molecule has 1 atom stereocenters. The predicted octanol–water partition coefficient (Wildman–Crippen LogP) is 2.82. The molecule has 5 heteroatoms. The maximum atomic E-state index is 12.5. The summed E-state index contributed by atoms with van der Waals surface area (Å²) >= 11 is 0. The minimum absolute atomic E-state index is 0.0127. The van der Waals surface area contributed by atoms with Crippen LogP contribution in [0.25, 0.3) is 0 Å². The smallest absolute Gasteiger partial charge is 0.255 e. The fraction of sp³-hybridized carbons (Fsp3) is 0.765. The molecule has 1 amide bonds. The van der Waals surface area contributed by atoms with E-state index in [0.29, 0.717) is 12.2 Å². The first-order valence-electron chi connectivity index (χ1n) is 8.61. The van der Waals surface area contributed by atoms with Crippen LogP contribution in [-0.2, 0) is 11.3 Å². The zero-order valence-corrected chi connectivity index (χ0v) is 13.7. The molecule has 2 fully saturated rings. The number of rotatable bonds is 4. The Morgan fingerprint density at radius 1 is 1.45 bits per heavy atom. The molecule has 2 aliphatic rings.